The summed E-state index contributed by atoms with van der Waals surface area (Å²) in [7, 11) is 0. The van der Waals surface area contributed by atoms with Crippen molar-refractivity contribution in [1.29, 1.82) is 0 Å². The number of halogens is 1. The number of anilines is 1. The molecule has 2 heterocycles. The number of amides is 1. The highest BCUT2D eigenvalue weighted by molar-refractivity contribution is 7.99. The highest BCUT2D eigenvalue weighted by Gasteiger charge is 2.18. The molecule has 1 amide bonds. The van der Waals surface area contributed by atoms with E-state index in [1.165, 1.54) is 30.0 Å². The molecule has 136 valence electrons. The summed E-state index contributed by atoms with van der Waals surface area (Å²) in [6, 6.07) is 11.7. The van der Waals surface area contributed by atoms with Gasteiger partial charge in [-0.15, -0.1) is 5.10 Å². The van der Waals surface area contributed by atoms with Crippen LogP contribution < -0.4 is 5.32 Å². The second-order valence-corrected chi connectivity index (χ2v) is 6.90. The zero-order chi connectivity index (χ0) is 19.0. The van der Waals surface area contributed by atoms with Crippen molar-refractivity contribution in [2.24, 2.45) is 0 Å². The Bertz CT molecular complexity index is 1190. The number of imidazole rings is 1. The van der Waals surface area contributed by atoms with Crippen LogP contribution in [-0.4, -0.2) is 36.2 Å². The average Bonchev–Trinajstić information content (AvgIpc) is 3.20. The number of H-pyrrole nitrogens is 1. The van der Waals surface area contributed by atoms with Crippen molar-refractivity contribution in [1.82, 2.24) is 19.6 Å². The molecule has 2 aromatic carbocycles. The van der Waals surface area contributed by atoms with Crippen LogP contribution in [0.5, 0.6) is 0 Å². The summed E-state index contributed by atoms with van der Waals surface area (Å²) in [4.78, 5) is 27.2. The molecule has 0 saturated carbocycles. The van der Waals surface area contributed by atoms with Gasteiger partial charge >= 0.3 is 0 Å². The van der Waals surface area contributed by atoms with Crippen LogP contribution in [0.25, 0.3) is 16.8 Å². The third kappa shape index (κ3) is 3.32. The number of hydrogen-bond donors (Lipinski definition) is 2. The standard InChI is InChI=1S/C16H11ClN6O3S/c17-9-5-6-11(13(7-9)23(25)26)18-14(24)8-27-16-21-20-15-19-10-3-1-2-4-12(10)22(15)16/h1-7H,8H2,(H,18,24)(H,19,20). The number of fused-ring (bicyclic) bond motifs is 3. The Labute approximate surface area is 160 Å². The predicted octanol–water partition coefficient (Wildman–Crippen LogP) is 3.50. The fourth-order valence-electron chi connectivity index (χ4n) is 2.62. The van der Waals surface area contributed by atoms with E-state index in [-0.39, 0.29) is 22.2 Å². The van der Waals surface area contributed by atoms with Crippen LogP contribution in [0.2, 0.25) is 5.02 Å². The maximum Gasteiger partial charge on any atom is 0.294 e. The lowest BCUT2D eigenvalue weighted by molar-refractivity contribution is -0.383. The SMILES string of the molecule is O=C(CSc1n[nH]c2nc3ccccc3n12)Nc1ccc(Cl)cc1[N+](=O)[O-]. The van der Waals surface area contributed by atoms with Gasteiger partial charge in [-0.05, 0) is 24.3 Å². The number of carbonyl (C=O) groups is 1. The second-order valence-electron chi connectivity index (χ2n) is 5.52. The molecule has 4 rings (SSSR count). The summed E-state index contributed by atoms with van der Waals surface area (Å²) >= 11 is 6.97. The summed E-state index contributed by atoms with van der Waals surface area (Å²) in [5.41, 5.74) is 1.52. The van der Waals surface area contributed by atoms with Crippen molar-refractivity contribution in [3.05, 3.63) is 57.6 Å². The van der Waals surface area contributed by atoms with Crippen molar-refractivity contribution in [3.8, 4) is 0 Å². The average molecular weight is 403 g/mol. The Hall–Kier alpha value is -3.11. The number of hydrogen-bond acceptors (Lipinski definition) is 6. The number of para-hydroxylation sites is 2. The van der Waals surface area contributed by atoms with Gasteiger partial charge in [0.05, 0.1) is 21.7 Å². The van der Waals surface area contributed by atoms with Crippen LogP contribution in [0.3, 0.4) is 0 Å². The minimum Gasteiger partial charge on any atom is -0.320 e. The lowest BCUT2D eigenvalue weighted by Gasteiger charge is -2.06. The minimum atomic E-state index is -0.594. The number of rotatable bonds is 5. The molecule has 27 heavy (non-hydrogen) atoms. The number of carbonyl (C=O) groups excluding carboxylic acids is 1. The van der Waals surface area contributed by atoms with E-state index < -0.39 is 10.8 Å². The van der Waals surface area contributed by atoms with Gasteiger partial charge in [0.2, 0.25) is 11.7 Å². The van der Waals surface area contributed by atoms with E-state index in [0.717, 1.165) is 11.0 Å². The normalized spacial score (nSPS) is 11.1. The number of thioether (sulfide) groups is 1. The highest BCUT2D eigenvalue weighted by Crippen LogP contribution is 2.28. The van der Waals surface area contributed by atoms with Crippen molar-refractivity contribution >= 4 is 57.5 Å². The molecule has 2 aromatic heterocycles. The van der Waals surface area contributed by atoms with Crippen LogP contribution in [0.15, 0.2) is 47.6 Å². The lowest BCUT2D eigenvalue weighted by atomic mass is 10.2. The number of nitrogens with zero attached hydrogens (tertiary/aromatic N) is 4. The predicted molar refractivity (Wildman–Crippen MR) is 102 cm³/mol. The highest BCUT2D eigenvalue weighted by atomic mass is 35.5. The first-order chi connectivity index (χ1) is 13.0. The molecule has 4 aromatic rings. The maximum absolute atomic E-state index is 12.3. The van der Waals surface area contributed by atoms with Crippen LogP contribution in [0.1, 0.15) is 0 Å². The zero-order valence-corrected chi connectivity index (χ0v) is 15.1. The molecule has 11 heteroatoms. The molecule has 2 N–H and O–H groups in total. The molecule has 0 radical (unpaired) electrons. The molecule has 0 atom stereocenters. The van der Waals surface area contributed by atoms with Gasteiger partial charge in [0.25, 0.3) is 5.69 Å². The van der Waals surface area contributed by atoms with Gasteiger partial charge in [-0.25, -0.2) is 10.1 Å². The third-order valence-electron chi connectivity index (χ3n) is 3.77. The molecule has 0 aliphatic carbocycles. The van der Waals surface area contributed by atoms with Crippen LogP contribution in [0, 0.1) is 10.1 Å². The van der Waals surface area contributed by atoms with Gasteiger partial charge in [-0.3, -0.25) is 19.3 Å². The number of nitro groups is 1. The number of nitro benzene ring substituents is 1. The summed E-state index contributed by atoms with van der Waals surface area (Å²) in [5.74, 6) is 0.199. The fraction of sp³-hybridized carbons (Fsp3) is 0.0625. The topological polar surface area (TPSA) is 118 Å². The van der Waals surface area contributed by atoms with E-state index in [0.29, 0.717) is 10.9 Å². The summed E-state index contributed by atoms with van der Waals surface area (Å²) < 4.78 is 1.82. The maximum atomic E-state index is 12.3. The van der Waals surface area contributed by atoms with E-state index in [9.17, 15) is 14.9 Å². The van der Waals surface area contributed by atoms with Crippen LogP contribution in [-0.2, 0) is 4.79 Å². The Balaban J connectivity index is 1.52. The smallest absolute Gasteiger partial charge is 0.294 e. The Morgan fingerprint density at radius 3 is 2.96 bits per heavy atom. The van der Waals surface area contributed by atoms with E-state index in [4.69, 9.17) is 11.6 Å². The Morgan fingerprint density at radius 1 is 1.33 bits per heavy atom. The summed E-state index contributed by atoms with van der Waals surface area (Å²) in [6.07, 6.45) is 0. The molecule has 0 saturated heterocycles. The van der Waals surface area contributed by atoms with Gasteiger partial charge in [0.1, 0.15) is 5.69 Å². The molecular weight excluding hydrogens is 392 g/mol. The van der Waals surface area contributed by atoms with Crippen molar-refractivity contribution < 1.29 is 9.72 Å². The molecule has 0 bridgehead atoms. The largest absolute Gasteiger partial charge is 0.320 e. The van der Waals surface area contributed by atoms with E-state index in [2.05, 4.69) is 20.5 Å². The van der Waals surface area contributed by atoms with Gasteiger partial charge in [0, 0.05) is 11.1 Å². The van der Waals surface area contributed by atoms with Crippen molar-refractivity contribution in [2.45, 2.75) is 5.16 Å². The monoisotopic (exact) mass is 402 g/mol. The molecule has 0 fully saturated rings. The van der Waals surface area contributed by atoms with E-state index >= 15 is 0 Å². The van der Waals surface area contributed by atoms with E-state index in [1.807, 2.05) is 28.7 Å². The molecule has 0 spiro atoms. The number of benzene rings is 2. The van der Waals surface area contributed by atoms with Crippen LogP contribution in [0.4, 0.5) is 11.4 Å². The van der Waals surface area contributed by atoms with Gasteiger partial charge in [-0.2, -0.15) is 0 Å². The zero-order valence-electron chi connectivity index (χ0n) is 13.5. The molecule has 0 unspecified atom stereocenters. The third-order valence-corrected chi connectivity index (χ3v) is 4.94. The van der Waals surface area contributed by atoms with Crippen molar-refractivity contribution in [3.63, 3.8) is 0 Å². The second kappa shape index (κ2) is 6.89. The Kier molecular flexibility index (Phi) is 4.42. The first kappa shape index (κ1) is 17.3. The summed E-state index contributed by atoms with van der Waals surface area (Å²) in [5, 5.41) is 21.4. The Morgan fingerprint density at radius 2 is 2.15 bits per heavy atom. The van der Waals surface area contributed by atoms with Gasteiger partial charge in [-0.1, -0.05) is 35.5 Å². The molecule has 0 aliphatic heterocycles. The quantitative estimate of drug-likeness (QED) is 0.299. The summed E-state index contributed by atoms with van der Waals surface area (Å²) in [6.45, 7) is 0. The molecule has 9 nitrogen and oxygen atoms in total. The first-order valence-electron chi connectivity index (χ1n) is 7.71. The number of aromatic nitrogens is 4. The number of aromatic amines is 1. The lowest BCUT2D eigenvalue weighted by Crippen LogP contribution is -2.15. The first-order valence-corrected chi connectivity index (χ1v) is 9.07. The van der Waals surface area contributed by atoms with Crippen molar-refractivity contribution in [2.75, 3.05) is 11.1 Å². The fourth-order valence-corrected chi connectivity index (χ4v) is 3.54. The van der Waals surface area contributed by atoms with Gasteiger partial charge in [0.15, 0.2) is 5.16 Å². The molecular formula is C16H11ClN6O3S. The number of nitrogens with one attached hydrogen (secondary N) is 2. The van der Waals surface area contributed by atoms with E-state index in [1.54, 1.807) is 0 Å². The van der Waals surface area contributed by atoms with Crippen LogP contribution >= 0.6 is 23.4 Å². The molecule has 0 aliphatic rings. The minimum absolute atomic E-state index is 0.0201. The van der Waals surface area contributed by atoms with Gasteiger partial charge < -0.3 is 5.32 Å².